The van der Waals surface area contributed by atoms with Crippen LogP contribution in [0.3, 0.4) is 0 Å². The minimum absolute atomic E-state index is 0.125. The van der Waals surface area contributed by atoms with Gasteiger partial charge in [-0.2, -0.15) is 0 Å². The Morgan fingerprint density at radius 3 is 2.44 bits per heavy atom. The van der Waals surface area contributed by atoms with Crippen LogP contribution in [0.2, 0.25) is 0 Å². The molecule has 2 rings (SSSR count). The van der Waals surface area contributed by atoms with Crippen molar-refractivity contribution < 1.29 is 9.59 Å². The molecule has 0 saturated heterocycles. The Balaban J connectivity index is 1.97. The van der Waals surface area contributed by atoms with Crippen LogP contribution < -0.4 is 16.0 Å². The minimum Gasteiger partial charge on any atom is -0.352 e. The lowest BCUT2D eigenvalue weighted by atomic mass is 10.1. The number of anilines is 1. The summed E-state index contributed by atoms with van der Waals surface area (Å²) in [7, 11) is 0. The van der Waals surface area contributed by atoms with Crippen molar-refractivity contribution in [2.75, 3.05) is 11.9 Å². The van der Waals surface area contributed by atoms with Crippen LogP contribution in [0.4, 0.5) is 5.69 Å². The molecule has 0 atom stereocenters. The first kappa shape index (κ1) is 18.4. The number of para-hydroxylation sites is 1. The van der Waals surface area contributed by atoms with E-state index in [1.165, 1.54) is 6.08 Å². The zero-order valence-electron chi connectivity index (χ0n) is 13.8. The van der Waals surface area contributed by atoms with Gasteiger partial charge in [0.15, 0.2) is 5.11 Å². The lowest BCUT2D eigenvalue weighted by molar-refractivity contribution is -0.115. The van der Waals surface area contributed by atoms with E-state index in [0.29, 0.717) is 17.8 Å². The number of hydrogen-bond acceptors (Lipinski definition) is 3. The van der Waals surface area contributed by atoms with E-state index < -0.39 is 0 Å². The molecule has 0 bridgehead atoms. The molecule has 0 radical (unpaired) electrons. The van der Waals surface area contributed by atoms with E-state index in [0.717, 1.165) is 5.56 Å². The van der Waals surface area contributed by atoms with Crippen LogP contribution in [-0.4, -0.2) is 23.5 Å². The minimum atomic E-state index is -0.350. The summed E-state index contributed by atoms with van der Waals surface area (Å²) in [6.07, 6.45) is 3.10. The number of nitrogens with one attached hydrogen (secondary N) is 3. The molecule has 0 heterocycles. The van der Waals surface area contributed by atoms with Gasteiger partial charge in [0.25, 0.3) is 5.91 Å². The number of rotatable bonds is 5. The van der Waals surface area contributed by atoms with Gasteiger partial charge in [0.1, 0.15) is 0 Å². The van der Waals surface area contributed by atoms with Gasteiger partial charge < -0.3 is 10.6 Å². The molecule has 0 aromatic heterocycles. The van der Waals surface area contributed by atoms with Gasteiger partial charge in [0, 0.05) is 12.6 Å². The highest BCUT2D eigenvalue weighted by Crippen LogP contribution is 2.14. The maximum absolute atomic E-state index is 12.0. The Morgan fingerprint density at radius 1 is 1.04 bits per heavy atom. The molecule has 2 amide bonds. The van der Waals surface area contributed by atoms with Crippen molar-refractivity contribution in [2.45, 2.75) is 6.92 Å². The first-order valence-electron chi connectivity index (χ1n) is 7.82. The Bertz CT molecular complexity index is 788. The molecule has 3 N–H and O–H groups in total. The van der Waals surface area contributed by atoms with Crippen LogP contribution in [0.15, 0.2) is 60.7 Å². The number of thiocarbonyl (C=S) groups is 1. The molecule has 5 nitrogen and oxygen atoms in total. The highest BCUT2D eigenvalue weighted by molar-refractivity contribution is 7.80. The van der Waals surface area contributed by atoms with E-state index in [9.17, 15) is 9.59 Å². The largest absolute Gasteiger partial charge is 0.352 e. The SMILES string of the molecule is CCNC(=O)c1ccccc1NC(=S)NC(=O)/C=C/c1ccccc1. The predicted molar refractivity (Wildman–Crippen MR) is 104 cm³/mol. The topological polar surface area (TPSA) is 70.2 Å². The van der Waals surface area contributed by atoms with E-state index in [-0.39, 0.29) is 16.9 Å². The third-order valence-electron chi connectivity index (χ3n) is 3.22. The van der Waals surface area contributed by atoms with Crippen molar-refractivity contribution in [3.63, 3.8) is 0 Å². The molecule has 25 heavy (non-hydrogen) atoms. The van der Waals surface area contributed by atoms with Gasteiger partial charge in [-0.3, -0.25) is 14.9 Å². The molecule has 0 spiro atoms. The fourth-order valence-electron chi connectivity index (χ4n) is 2.09. The second kappa shape index (κ2) is 9.34. The molecule has 0 unspecified atom stereocenters. The maximum atomic E-state index is 12.0. The molecule has 6 heteroatoms. The quantitative estimate of drug-likeness (QED) is 0.571. The second-order valence-corrected chi connectivity index (χ2v) is 5.50. The number of hydrogen-bond donors (Lipinski definition) is 3. The summed E-state index contributed by atoms with van der Waals surface area (Å²) in [5, 5.41) is 8.30. The van der Waals surface area contributed by atoms with Gasteiger partial charge in [0.2, 0.25) is 5.91 Å². The summed E-state index contributed by atoms with van der Waals surface area (Å²) in [5.74, 6) is -0.555. The van der Waals surface area contributed by atoms with E-state index in [4.69, 9.17) is 12.2 Å². The van der Waals surface area contributed by atoms with Crippen molar-refractivity contribution in [3.8, 4) is 0 Å². The fourth-order valence-corrected chi connectivity index (χ4v) is 2.30. The monoisotopic (exact) mass is 353 g/mol. The molecule has 2 aromatic rings. The number of carbonyl (C=O) groups is 2. The van der Waals surface area contributed by atoms with Crippen LogP contribution in [0.25, 0.3) is 6.08 Å². The maximum Gasteiger partial charge on any atom is 0.253 e. The molecule has 0 aliphatic heterocycles. The van der Waals surface area contributed by atoms with Crippen LogP contribution in [0.1, 0.15) is 22.8 Å². The highest BCUT2D eigenvalue weighted by atomic mass is 32.1. The Labute approximate surface area is 152 Å². The lowest BCUT2D eigenvalue weighted by Gasteiger charge is -2.12. The van der Waals surface area contributed by atoms with Crippen molar-refractivity contribution >= 4 is 40.9 Å². The van der Waals surface area contributed by atoms with Crippen LogP contribution in [-0.2, 0) is 4.79 Å². The normalized spacial score (nSPS) is 10.3. The first-order chi connectivity index (χ1) is 12.1. The molecular weight excluding hydrogens is 334 g/mol. The smallest absolute Gasteiger partial charge is 0.253 e. The summed E-state index contributed by atoms with van der Waals surface area (Å²) in [4.78, 5) is 24.0. The second-order valence-electron chi connectivity index (χ2n) is 5.09. The van der Waals surface area contributed by atoms with Crippen LogP contribution in [0, 0.1) is 0 Å². The average Bonchev–Trinajstić information content (AvgIpc) is 2.61. The third kappa shape index (κ3) is 5.86. The van der Waals surface area contributed by atoms with Crippen LogP contribution in [0.5, 0.6) is 0 Å². The van der Waals surface area contributed by atoms with Crippen molar-refractivity contribution in [1.82, 2.24) is 10.6 Å². The van der Waals surface area contributed by atoms with Gasteiger partial charge in [0.05, 0.1) is 11.3 Å². The number of amides is 2. The van der Waals surface area contributed by atoms with Crippen molar-refractivity contribution in [1.29, 1.82) is 0 Å². The van der Waals surface area contributed by atoms with Gasteiger partial charge in [-0.25, -0.2) is 0 Å². The van der Waals surface area contributed by atoms with Crippen molar-refractivity contribution in [2.24, 2.45) is 0 Å². The van der Waals surface area contributed by atoms with E-state index in [1.54, 1.807) is 30.3 Å². The van der Waals surface area contributed by atoms with Crippen molar-refractivity contribution in [3.05, 3.63) is 71.8 Å². The number of carbonyl (C=O) groups excluding carboxylic acids is 2. The third-order valence-corrected chi connectivity index (χ3v) is 3.42. The Hall–Kier alpha value is -2.99. The molecule has 0 aliphatic rings. The first-order valence-corrected chi connectivity index (χ1v) is 8.23. The molecule has 128 valence electrons. The summed E-state index contributed by atoms with van der Waals surface area (Å²) < 4.78 is 0. The van der Waals surface area contributed by atoms with Gasteiger partial charge in [-0.1, -0.05) is 42.5 Å². The van der Waals surface area contributed by atoms with Gasteiger partial charge in [-0.05, 0) is 42.9 Å². The molecule has 2 aromatic carbocycles. The summed E-state index contributed by atoms with van der Waals surface area (Å²) >= 11 is 5.15. The average molecular weight is 353 g/mol. The molecule has 0 fully saturated rings. The Kier molecular flexibility index (Phi) is 6.86. The standard InChI is InChI=1S/C19H19N3O2S/c1-2-20-18(24)15-10-6-7-11-16(15)21-19(25)22-17(23)13-12-14-8-4-3-5-9-14/h3-13H,2H2,1H3,(H,20,24)(H2,21,22,23,25)/b13-12+. The Morgan fingerprint density at radius 2 is 1.72 bits per heavy atom. The summed E-state index contributed by atoms with van der Waals surface area (Å²) in [6, 6.07) is 16.4. The highest BCUT2D eigenvalue weighted by Gasteiger charge is 2.11. The summed E-state index contributed by atoms with van der Waals surface area (Å²) in [5.41, 5.74) is 1.91. The van der Waals surface area contributed by atoms with E-state index in [1.807, 2.05) is 37.3 Å². The zero-order chi connectivity index (χ0) is 18.1. The van der Waals surface area contributed by atoms with Gasteiger partial charge in [-0.15, -0.1) is 0 Å². The summed E-state index contributed by atoms with van der Waals surface area (Å²) in [6.45, 7) is 2.37. The fraction of sp³-hybridized carbons (Fsp3) is 0.105. The van der Waals surface area contributed by atoms with Crippen LogP contribution >= 0.6 is 12.2 Å². The van der Waals surface area contributed by atoms with E-state index >= 15 is 0 Å². The number of benzene rings is 2. The lowest BCUT2D eigenvalue weighted by Crippen LogP contribution is -2.34. The van der Waals surface area contributed by atoms with E-state index in [2.05, 4.69) is 16.0 Å². The molecular formula is C19H19N3O2S. The predicted octanol–water partition coefficient (Wildman–Crippen LogP) is 2.96. The molecule has 0 aliphatic carbocycles. The van der Waals surface area contributed by atoms with Gasteiger partial charge >= 0.3 is 0 Å². The zero-order valence-corrected chi connectivity index (χ0v) is 14.6. The molecule has 0 saturated carbocycles.